The highest BCUT2D eigenvalue weighted by Crippen LogP contribution is 2.43. The van der Waals surface area contributed by atoms with E-state index in [1.165, 1.54) is 0 Å². The number of furan rings is 1. The average molecular weight is 281 g/mol. The Hall–Kier alpha value is -0.840. The molecule has 4 unspecified atom stereocenters. The molecule has 1 aromatic rings. The zero-order valence-electron chi connectivity index (χ0n) is 12.9. The van der Waals surface area contributed by atoms with Gasteiger partial charge in [-0.05, 0) is 38.8 Å². The molecule has 1 aliphatic carbocycles. The van der Waals surface area contributed by atoms with E-state index in [1.54, 1.807) is 12.3 Å². The Morgan fingerprint density at radius 1 is 1.55 bits per heavy atom. The molecule has 114 valence electrons. The molecule has 0 radical (unpaired) electrons. The van der Waals surface area contributed by atoms with Crippen molar-refractivity contribution in [3.63, 3.8) is 0 Å². The molecule has 1 fully saturated rings. The predicted molar refractivity (Wildman–Crippen MR) is 78.5 cm³/mol. The van der Waals surface area contributed by atoms with Gasteiger partial charge in [-0.25, -0.2) is 0 Å². The van der Waals surface area contributed by atoms with Crippen molar-refractivity contribution in [3.05, 3.63) is 24.2 Å². The molecule has 2 N–H and O–H groups in total. The normalized spacial score (nSPS) is 27.9. The second-order valence-electron chi connectivity index (χ2n) is 6.39. The highest BCUT2D eigenvalue weighted by molar-refractivity contribution is 5.05. The molecule has 0 aromatic carbocycles. The van der Waals surface area contributed by atoms with Gasteiger partial charge in [0.15, 0.2) is 0 Å². The molecule has 0 saturated heterocycles. The summed E-state index contributed by atoms with van der Waals surface area (Å²) in [7, 11) is 0. The highest BCUT2D eigenvalue weighted by atomic mass is 16.5. The van der Waals surface area contributed by atoms with Crippen LogP contribution in [0.4, 0.5) is 0 Å². The van der Waals surface area contributed by atoms with E-state index in [0.717, 1.165) is 13.0 Å². The van der Waals surface area contributed by atoms with Crippen LogP contribution in [-0.2, 0) is 4.74 Å². The Bertz CT molecular complexity index is 402. The monoisotopic (exact) mass is 281 g/mol. The summed E-state index contributed by atoms with van der Waals surface area (Å²) in [6.07, 6.45) is 3.09. The van der Waals surface area contributed by atoms with Gasteiger partial charge in [0.1, 0.15) is 11.9 Å². The minimum Gasteiger partial charge on any atom is -0.467 e. The summed E-state index contributed by atoms with van der Waals surface area (Å²) in [5.41, 5.74) is 0.153. The maximum atomic E-state index is 10.1. The first-order chi connectivity index (χ1) is 9.45. The van der Waals surface area contributed by atoms with E-state index < -0.39 is 6.10 Å². The Labute approximate surface area is 121 Å². The van der Waals surface area contributed by atoms with Crippen LogP contribution in [0.1, 0.15) is 52.4 Å². The molecule has 1 saturated carbocycles. The van der Waals surface area contributed by atoms with Crippen molar-refractivity contribution >= 4 is 0 Å². The van der Waals surface area contributed by atoms with Gasteiger partial charge in [0, 0.05) is 24.1 Å². The molecule has 4 atom stereocenters. The molecule has 2 rings (SSSR count). The van der Waals surface area contributed by atoms with Crippen molar-refractivity contribution in [2.45, 2.75) is 64.8 Å². The van der Waals surface area contributed by atoms with Crippen LogP contribution in [0.3, 0.4) is 0 Å². The largest absolute Gasteiger partial charge is 0.467 e. The lowest BCUT2D eigenvalue weighted by Crippen LogP contribution is -2.62. The third kappa shape index (κ3) is 3.25. The Morgan fingerprint density at radius 2 is 2.30 bits per heavy atom. The van der Waals surface area contributed by atoms with Gasteiger partial charge in [0.2, 0.25) is 0 Å². The lowest BCUT2D eigenvalue weighted by atomic mass is 9.64. The van der Waals surface area contributed by atoms with E-state index in [-0.39, 0.29) is 11.5 Å². The first kappa shape index (κ1) is 15.5. The number of nitrogens with one attached hydrogen (secondary N) is 1. The predicted octanol–water partition coefficient (Wildman–Crippen LogP) is 2.88. The van der Waals surface area contributed by atoms with Gasteiger partial charge in [-0.1, -0.05) is 13.8 Å². The summed E-state index contributed by atoms with van der Waals surface area (Å²) in [6, 6.07) is 4.30. The van der Waals surface area contributed by atoms with E-state index >= 15 is 0 Å². The molecular formula is C16H27NO3. The van der Waals surface area contributed by atoms with Crippen LogP contribution in [0.25, 0.3) is 0 Å². The number of rotatable bonds is 7. The Kier molecular flexibility index (Phi) is 4.89. The minimum absolute atomic E-state index is 0.153. The number of aliphatic hydroxyl groups excluding tert-OH is 1. The second kappa shape index (κ2) is 6.29. The molecule has 4 nitrogen and oxygen atoms in total. The van der Waals surface area contributed by atoms with Crippen molar-refractivity contribution in [1.29, 1.82) is 0 Å². The number of aliphatic hydroxyl groups is 1. The zero-order chi connectivity index (χ0) is 14.8. The Balaban J connectivity index is 1.79. The van der Waals surface area contributed by atoms with Crippen LogP contribution in [0.15, 0.2) is 22.8 Å². The Morgan fingerprint density at radius 3 is 2.85 bits per heavy atom. The summed E-state index contributed by atoms with van der Waals surface area (Å²) < 4.78 is 11.0. The molecule has 20 heavy (non-hydrogen) atoms. The van der Waals surface area contributed by atoms with E-state index in [0.29, 0.717) is 24.3 Å². The number of hydrogen-bond donors (Lipinski definition) is 2. The third-order valence-electron chi connectivity index (χ3n) is 4.48. The van der Waals surface area contributed by atoms with Gasteiger partial charge in [-0.2, -0.15) is 0 Å². The quantitative estimate of drug-likeness (QED) is 0.807. The lowest BCUT2D eigenvalue weighted by Gasteiger charge is -2.52. The molecule has 0 bridgehead atoms. The van der Waals surface area contributed by atoms with Crippen LogP contribution >= 0.6 is 0 Å². The number of ether oxygens (including phenoxy) is 1. The topological polar surface area (TPSA) is 54.6 Å². The highest BCUT2D eigenvalue weighted by Gasteiger charge is 2.49. The zero-order valence-corrected chi connectivity index (χ0v) is 12.9. The van der Waals surface area contributed by atoms with Crippen molar-refractivity contribution < 1.29 is 14.3 Å². The second-order valence-corrected chi connectivity index (χ2v) is 6.39. The first-order valence-corrected chi connectivity index (χ1v) is 7.54. The van der Waals surface area contributed by atoms with Gasteiger partial charge >= 0.3 is 0 Å². The SMILES string of the molecule is CCOC1CC(NC(C)CC(O)c2ccco2)C1(C)C. The molecule has 1 aliphatic rings. The minimum atomic E-state index is -0.543. The van der Waals surface area contributed by atoms with E-state index in [9.17, 15) is 5.11 Å². The number of hydrogen-bond acceptors (Lipinski definition) is 4. The van der Waals surface area contributed by atoms with Gasteiger partial charge in [-0.3, -0.25) is 0 Å². The summed E-state index contributed by atoms with van der Waals surface area (Å²) in [5.74, 6) is 0.638. The molecular weight excluding hydrogens is 254 g/mol. The van der Waals surface area contributed by atoms with Crippen LogP contribution in [0.5, 0.6) is 0 Å². The molecule has 1 heterocycles. The van der Waals surface area contributed by atoms with Gasteiger partial charge in [0.05, 0.1) is 12.4 Å². The summed E-state index contributed by atoms with van der Waals surface area (Å²) in [5, 5.41) is 13.7. The standard InChI is InChI=1S/C16H27NO3/c1-5-19-15-10-14(16(15,3)4)17-11(2)9-12(18)13-7-6-8-20-13/h6-8,11-12,14-15,17-18H,5,9-10H2,1-4H3. The summed E-state index contributed by atoms with van der Waals surface area (Å²) in [6.45, 7) is 9.40. The first-order valence-electron chi connectivity index (χ1n) is 7.54. The lowest BCUT2D eigenvalue weighted by molar-refractivity contribution is -0.116. The van der Waals surface area contributed by atoms with Gasteiger partial charge in [-0.15, -0.1) is 0 Å². The fourth-order valence-electron chi connectivity index (χ4n) is 3.00. The van der Waals surface area contributed by atoms with E-state index in [4.69, 9.17) is 9.15 Å². The van der Waals surface area contributed by atoms with Gasteiger partial charge < -0.3 is 19.6 Å². The molecule has 1 aromatic heterocycles. The molecule has 0 spiro atoms. The van der Waals surface area contributed by atoms with Gasteiger partial charge in [0.25, 0.3) is 0 Å². The van der Waals surface area contributed by atoms with Crippen molar-refractivity contribution in [2.75, 3.05) is 6.61 Å². The maximum absolute atomic E-state index is 10.1. The smallest absolute Gasteiger partial charge is 0.132 e. The van der Waals surface area contributed by atoms with Crippen LogP contribution < -0.4 is 5.32 Å². The summed E-state index contributed by atoms with van der Waals surface area (Å²) in [4.78, 5) is 0. The molecule has 4 heteroatoms. The van der Waals surface area contributed by atoms with Crippen LogP contribution in [0, 0.1) is 5.41 Å². The van der Waals surface area contributed by atoms with Crippen molar-refractivity contribution in [3.8, 4) is 0 Å². The van der Waals surface area contributed by atoms with E-state index in [1.807, 2.05) is 13.0 Å². The maximum Gasteiger partial charge on any atom is 0.132 e. The van der Waals surface area contributed by atoms with E-state index in [2.05, 4.69) is 26.1 Å². The fourth-order valence-corrected chi connectivity index (χ4v) is 3.00. The fraction of sp³-hybridized carbons (Fsp3) is 0.750. The van der Waals surface area contributed by atoms with Crippen LogP contribution in [-0.4, -0.2) is 29.9 Å². The third-order valence-corrected chi connectivity index (χ3v) is 4.48. The summed E-state index contributed by atoms with van der Waals surface area (Å²) >= 11 is 0. The van der Waals surface area contributed by atoms with Crippen molar-refractivity contribution in [1.82, 2.24) is 5.32 Å². The molecule has 0 amide bonds. The van der Waals surface area contributed by atoms with Crippen LogP contribution in [0.2, 0.25) is 0 Å². The van der Waals surface area contributed by atoms with Crippen molar-refractivity contribution in [2.24, 2.45) is 5.41 Å². The average Bonchev–Trinajstić information content (AvgIpc) is 2.91. The molecule has 0 aliphatic heterocycles.